The average Bonchev–Trinajstić information content (AvgIpc) is 2.64. The molecule has 122 valence electrons. The number of nitrogens with two attached hydrogens (primary N) is 1. The van der Waals surface area contributed by atoms with Crippen LogP contribution in [0.15, 0.2) is 70.8 Å². The molecule has 0 spiro atoms. The minimum absolute atomic E-state index is 0.112. The summed E-state index contributed by atoms with van der Waals surface area (Å²) in [6, 6.07) is 18.7. The van der Waals surface area contributed by atoms with E-state index in [0.29, 0.717) is 18.0 Å². The molecule has 0 aliphatic carbocycles. The lowest BCUT2D eigenvalue weighted by atomic mass is 10.0. The summed E-state index contributed by atoms with van der Waals surface area (Å²) < 4.78 is 0. The Morgan fingerprint density at radius 2 is 1.79 bits per heavy atom. The largest absolute Gasteiger partial charge is 0.323 e. The molecule has 0 saturated carbocycles. The number of hydrogen-bond acceptors (Lipinski definition) is 5. The summed E-state index contributed by atoms with van der Waals surface area (Å²) in [6.07, 6.45) is 0.520. The summed E-state index contributed by atoms with van der Waals surface area (Å²) in [5, 5.41) is 5.20. The van der Waals surface area contributed by atoms with E-state index in [1.807, 2.05) is 60.7 Å². The molecule has 3 rings (SSSR count). The van der Waals surface area contributed by atoms with Crippen molar-refractivity contribution in [3.05, 3.63) is 66.2 Å². The first-order chi connectivity index (χ1) is 11.7. The van der Waals surface area contributed by atoms with E-state index in [1.165, 1.54) is 5.01 Å². The molecule has 3 N–H and O–H groups in total. The van der Waals surface area contributed by atoms with Gasteiger partial charge in [-0.2, -0.15) is 5.10 Å². The number of amidine groups is 1. The first-order valence-electron chi connectivity index (χ1n) is 7.71. The van der Waals surface area contributed by atoms with E-state index in [0.717, 1.165) is 11.3 Å². The van der Waals surface area contributed by atoms with Crippen molar-refractivity contribution in [3.63, 3.8) is 0 Å². The van der Waals surface area contributed by atoms with Crippen LogP contribution in [0, 0.1) is 0 Å². The number of rotatable bonds is 4. The predicted octanol–water partition coefficient (Wildman–Crippen LogP) is 1.88. The fourth-order valence-corrected chi connectivity index (χ4v) is 2.52. The van der Waals surface area contributed by atoms with Crippen LogP contribution in [0.4, 0.5) is 5.69 Å². The van der Waals surface area contributed by atoms with E-state index in [-0.39, 0.29) is 5.91 Å². The zero-order valence-corrected chi connectivity index (χ0v) is 13.4. The van der Waals surface area contributed by atoms with Gasteiger partial charge in [-0.05, 0) is 24.6 Å². The number of para-hydroxylation sites is 1. The summed E-state index contributed by atoms with van der Waals surface area (Å²) in [5.74, 6) is 5.77. The van der Waals surface area contributed by atoms with E-state index in [9.17, 15) is 4.79 Å². The quantitative estimate of drug-likeness (QED) is 0.512. The van der Waals surface area contributed by atoms with Gasteiger partial charge in [0.25, 0.3) is 5.91 Å². The minimum Gasteiger partial charge on any atom is -0.323 e. The van der Waals surface area contributed by atoms with Crippen LogP contribution >= 0.6 is 0 Å². The Morgan fingerprint density at radius 1 is 1.17 bits per heavy atom. The van der Waals surface area contributed by atoms with Crippen molar-refractivity contribution >= 4 is 23.1 Å². The number of carbonyl (C=O) groups excluding carboxylic acids is 1. The van der Waals surface area contributed by atoms with Gasteiger partial charge < -0.3 is 5.84 Å². The van der Waals surface area contributed by atoms with Gasteiger partial charge in [0.1, 0.15) is 11.8 Å². The number of anilines is 1. The molecular formula is C18H19N5O. The van der Waals surface area contributed by atoms with Crippen LogP contribution < -0.4 is 16.3 Å². The highest BCUT2D eigenvalue weighted by molar-refractivity contribution is 6.42. The molecule has 0 bridgehead atoms. The molecule has 24 heavy (non-hydrogen) atoms. The number of amides is 1. The van der Waals surface area contributed by atoms with Crippen molar-refractivity contribution in [2.75, 3.05) is 5.01 Å². The Bertz CT molecular complexity index is 771. The SMILES string of the molecule is C/C(=N\N)C1=NC(Cc2ccccc2)C(=O)N(c2ccccc2)N1. The Hall–Kier alpha value is -3.15. The number of hydrazone groups is 1. The monoisotopic (exact) mass is 321 g/mol. The van der Waals surface area contributed by atoms with Crippen molar-refractivity contribution in [1.82, 2.24) is 5.43 Å². The third-order valence-corrected chi connectivity index (χ3v) is 3.83. The summed E-state index contributed by atoms with van der Waals surface area (Å²) in [4.78, 5) is 17.4. The smallest absolute Gasteiger partial charge is 0.270 e. The first kappa shape index (κ1) is 15.7. The third-order valence-electron chi connectivity index (χ3n) is 3.83. The van der Waals surface area contributed by atoms with Crippen LogP contribution in [0.2, 0.25) is 0 Å². The van der Waals surface area contributed by atoms with E-state index >= 15 is 0 Å². The van der Waals surface area contributed by atoms with Gasteiger partial charge in [0.2, 0.25) is 0 Å². The third kappa shape index (κ3) is 3.27. The van der Waals surface area contributed by atoms with Gasteiger partial charge in [0.15, 0.2) is 5.84 Å². The van der Waals surface area contributed by atoms with Crippen molar-refractivity contribution in [2.45, 2.75) is 19.4 Å². The number of nitrogens with zero attached hydrogens (tertiary/aromatic N) is 3. The maximum atomic E-state index is 12.9. The first-order valence-corrected chi connectivity index (χ1v) is 7.71. The van der Waals surface area contributed by atoms with Gasteiger partial charge in [-0.25, -0.2) is 5.01 Å². The molecule has 1 aliphatic rings. The van der Waals surface area contributed by atoms with E-state index < -0.39 is 6.04 Å². The molecule has 0 radical (unpaired) electrons. The van der Waals surface area contributed by atoms with Gasteiger partial charge in [0.05, 0.1) is 5.69 Å². The standard InChI is InChI=1S/C18H19N5O/c1-13(21-19)17-20-16(12-14-8-4-2-5-9-14)18(24)23(22-17)15-10-6-3-7-11-15/h2-11,16H,12,19H2,1H3,(H,20,22)/b21-13+. The average molecular weight is 321 g/mol. The topological polar surface area (TPSA) is 83.1 Å². The lowest BCUT2D eigenvalue weighted by molar-refractivity contribution is -0.120. The number of nitrogens with one attached hydrogen (secondary N) is 1. The lowest BCUT2D eigenvalue weighted by Crippen LogP contribution is -2.57. The summed E-state index contributed by atoms with van der Waals surface area (Å²) in [7, 11) is 0. The Morgan fingerprint density at radius 3 is 2.42 bits per heavy atom. The Kier molecular flexibility index (Phi) is 4.56. The van der Waals surface area contributed by atoms with Gasteiger partial charge in [-0.15, -0.1) is 0 Å². The summed E-state index contributed by atoms with van der Waals surface area (Å²) >= 11 is 0. The summed E-state index contributed by atoms with van der Waals surface area (Å²) in [5.41, 5.74) is 5.35. The highest BCUT2D eigenvalue weighted by Gasteiger charge is 2.31. The lowest BCUT2D eigenvalue weighted by Gasteiger charge is -2.32. The number of hydrazine groups is 1. The second-order valence-corrected chi connectivity index (χ2v) is 5.52. The zero-order valence-electron chi connectivity index (χ0n) is 13.4. The van der Waals surface area contributed by atoms with E-state index in [2.05, 4.69) is 15.5 Å². The van der Waals surface area contributed by atoms with Gasteiger partial charge in [-0.3, -0.25) is 15.2 Å². The fraction of sp³-hybridized carbons (Fsp3) is 0.167. The van der Waals surface area contributed by atoms with Crippen molar-refractivity contribution in [1.29, 1.82) is 0 Å². The van der Waals surface area contributed by atoms with Crippen molar-refractivity contribution in [3.8, 4) is 0 Å². The van der Waals surface area contributed by atoms with Crippen LogP contribution in [0.5, 0.6) is 0 Å². The molecule has 0 aromatic heterocycles. The Balaban J connectivity index is 1.95. The maximum Gasteiger partial charge on any atom is 0.270 e. The second-order valence-electron chi connectivity index (χ2n) is 5.52. The molecule has 1 heterocycles. The number of benzene rings is 2. The molecule has 1 unspecified atom stereocenters. The summed E-state index contributed by atoms with van der Waals surface area (Å²) in [6.45, 7) is 1.75. The molecular weight excluding hydrogens is 302 g/mol. The number of aliphatic imine (C=N–C) groups is 1. The molecule has 0 saturated heterocycles. The number of hydrogen-bond donors (Lipinski definition) is 2. The normalized spacial score (nSPS) is 18.1. The molecule has 1 atom stereocenters. The molecule has 6 heteroatoms. The van der Waals surface area contributed by atoms with Crippen LogP contribution in [0.3, 0.4) is 0 Å². The minimum atomic E-state index is -0.527. The van der Waals surface area contributed by atoms with Crippen molar-refractivity contribution in [2.24, 2.45) is 15.9 Å². The molecule has 1 aliphatic heterocycles. The highest BCUT2D eigenvalue weighted by atomic mass is 16.2. The van der Waals surface area contributed by atoms with Crippen LogP contribution in [-0.4, -0.2) is 23.5 Å². The van der Waals surface area contributed by atoms with Crippen LogP contribution in [0.1, 0.15) is 12.5 Å². The fourth-order valence-electron chi connectivity index (χ4n) is 2.52. The van der Waals surface area contributed by atoms with Gasteiger partial charge >= 0.3 is 0 Å². The Labute approximate surface area is 140 Å². The predicted molar refractivity (Wildman–Crippen MR) is 95.7 cm³/mol. The van der Waals surface area contributed by atoms with Gasteiger partial charge in [-0.1, -0.05) is 48.5 Å². The number of carbonyl (C=O) groups is 1. The van der Waals surface area contributed by atoms with Gasteiger partial charge in [0, 0.05) is 6.42 Å². The maximum absolute atomic E-state index is 12.9. The molecule has 1 amide bonds. The van der Waals surface area contributed by atoms with Crippen LogP contribution in [0.25, 0.3) is 0 Å². The molecule has 2 aromatic carbocycles. The van der Waals surface area contributed by atoms with E-state index in [4.69, 9.17) is 5.84 Å². The molecule has 0 fully saturated rings. The zero-order chi connectivity index (χ0) is 16.9. The molecule has 6 nitrogen and oxygen atoms in total. The van der Waals surface area contributed by atoms with Crippen molar-refractivity contribution < 1.29 is 4.79 Å². The van der Waals surface area contributed by atoms with E-state index in [1.54, 1.807) is 6.92 Å². The highest BCUT2D eigenvalue weighted by Crippen LogP contribution is 2.18. The van der Waals surface area contributed by atoms with Crippen LogP contribution in [-0.2, 0) is 11.2 Å². The molecule has 2 aromatic rings. The second kappa shape index (κ2) is 6.95.